The van der Waals surface area contributed by atoms with Gasteiger partial charge < -0.3 is 15.7 Å². The summed E-state index contributed by atoms with van der Waals surface area (Å²) in [5.74, 6) is -0.509. The highest BCUT2D eigenvalue weighted by molar-refractivity contribution is 5.99. The quantitative estimate of drug-likeness (QED) is 0.689. The van der Waals surface area contributed by atoms with Crippen molar-refractivity contribution >= 4 is 22.6 Å². The second kappa shape index (κ2) is 7.06. The molecule has 0 aliphatic rings. The summed E-state index contributed by atoms with van der Waals surface area (Å²) < 4.78 is 13.6. The Bertz CT molecular complexity index is 864. The van der Waals surface area contributed by atoms with E-state index in [9.17, 15) is 14.3 Å². The number of benzene rings is 2. The first-order chi connectivity index (χ1) is 11.6. The predicted molar refractivity (Wildman–Crippen MR) is 90.1 cm³/mol. The van der Waals surface area contributed by atoms with Crippen molar-refractivity contribution in [3.63, 3.8) is 0 Å². The lowest BCUT2D eigenvalue weighted by molar-refractivity contribution is 0.170. The third-order valence-electron chi connectivity index (χ3n) is 3.60. The van der Waals surface area contributed by atoms with Crippen LogP contribution in [0.25, 0.3) is 10.9 Å². The van der Waals surface area contributed by atoms with Crippen LogP contribution in [0.4, 0.5) is 14.9 Å². The van der Waals surface area contributed by atoms with Gasteiger partial charge in [0.2, 0.25) is 0 Å². The summed E-state index contributed by atoms with van der Waals surface area (Å²) in [5, 5.41) is 16.1. The van der Waals surface area contributed by atoms with Gasteiger partial charge in [0.1, 0.15) is 5.82 Å². The number of para-hydroxylation sites is 1. The summed E-state index contributed by atoms with van der Waals surface area (Å²) in [6, 6.07) is 14.6. The molecule has 0 spiro atoms. The zero-order valence-electron chi connectivity index (χ0n) is 12.7. The molecule has 1 atom stereocenters. The molecule has 3 rings (SSSR count). The second-order valence-electron chi connectivity index (χ2n) is 5.25. The largest absolute Gasteiger partial charge is 0.386 e. The van der Waals surface area contributed by atoms with Gasteiger partial charge in [-0.1, -0.05) is 36.4 Å². The minimum Gasteiger partial charge on any atom is -0.386 e. The molecule has 0 saturated heterocycles. The van der Waals surface area contributed by atoms with E-state index >= 15 is 0 Å². The minimum atomic E-state index is -1.12. The summed E-state index contributed by atoms with van der Waals surface area (Å²) in [6.45, 7) is -0.106. The second-order valence-corrected chi connectivity index (χ2v) is 5.25. The number of halogens is 1. The van der Waals surface area contributed by atoms with E-state index in [1.165, 1.54) is 12.1 Å². The normalized spacial score (nSPS) is 11.9. The van der Waals surface area contributed by atoms with Crippen LogP contribution in [0.1, 0.15) is 11.7 Å². The van der Waals surface area contributed by atoms with Gasteiger partial charge in [0, 0.05) is 23.7 Å². The molecule has 0 aliphatic carbocycles. The number of hydrogen-bond donors (Lipinski definition) is 3. The lowest BCUT2D eigenvalue weighted by Gasteiger charge is -2.14. The van der Waals surface area contributed by atoms with Gasteiger partial charge in [0.05, 0.1) is 17.3 Å². The predicted octanol–water partition coefficient (Wildman–Crippen LogP) is 3.23. The number of pyridine rings is 1. The van der Waals surface area contributed by atoms with Gasteiger partial charge in [-0.25, -0.2) is 9.18 Å². The molecule has 2 amide bonds. The average molecular weight is 325 g/mol. The van der Waals surface area contributed by atoms with Crippen molar-refractivity contribution in [3.05, 3.63) is 72.2 Å². The number of urea groups is 1. The molecule has 6 heteroatoms. The van der Waals surface area contributed by atoms with E-state index in [1.807, 2.05) is 24.3 Å². The van der Waals surface area contributed by atoms with E-state index in [2.05, 4.69) is 15.6 Å². The number of nitrogens with one attached hydrogen (secondary N) is 2. The first-order valence-corrected chi connectivity index (χ1v) is 7.46. The number of aromatic nitrogens is 1. The molecule has 0 fully saturated rings. The van der Waals surface area contributed by atoms with Gasteiger partial charge in [-0.2, -0.15) is 0 Å². The van der Waals surface area contributed by atoms with Crippen molar-refractivity contribution in [1.82, 2.24) is 10.3 Å². The zero-order valence-corrected chi connectivity index (χ0v) is 12.7. The summed E-state index contributed by atoms with van der Waals surface area (Å²) in [5.41, 5.74) is 1.38. The van der Waals surface area contributed by atoms with Crippen LogP contribution in [0, 0.1) is 5.82 Å². The highest BCUT2D eigenvalue weighted by Gasteiger charge is 2.13. The van der Waals surface area contributed by atoms with Crippen molar-refractivity contribution < 1.29 is 14.3 Å². The molecule has 2 aromatic carbocycles. The van der Waals surface area contributed by atoms with Crippen LogP contribution in [0.5, 0.6) is 0 Å². The molecule has 5 nitrogen and oxygen atoms in total. The number of nitrogens with zero attached hydrogens (tertiary/aromatic N) is 1. The van der Waals surface area contributed by atoms with Crippen LogP contribution in [-0.4, -0.2) is 22.7 Å². The Morgan fingerprint density at radius 1 is 1.12 bits per heavy atom. The van der Waals surface area contributed by atoms with Crippen molar-refractivity contribution in [2.24, 2.45) is 0 Å². The van der Waals surface area contributed by atoms with E-state index in [1.54, 1.807) is 24.4 Å². The number of hydrogen-bond acceptors (Lipinski definition) is 3. The minimum absolute atomic E-state index is 0.106. The van der Waals surface area contributed by atoms with Crippen LogP contribution in [-0.2, 0) is 0 Å². The Kier molecular flexibility index (Phi) is 4.67. The van der Waals surface area contributed by atoms with Crippen LogP contribution in [0.3, 0.4) is 0 Å². The van der Waals surface area contributed by atoms with E-state index in [4.69, 9.17) is 0 Å². The molecule has 1 heterocycles. The lowest BCUT2D eigenvalue weighted by Crippen LogP contribution is -2.32. The number of anilines is 1. The Labute approximate surface area is 138 Å². The van der Waals surface area contributed by atoms with Gasteiger partial charge in [0.15, 0.2) is 0 Å². The molecule has 0 unspecified atom stereocenters. The molecule has 3 aromatic rings. The smallest absolute Gasteiger partial charge is 0.319 e. The average Bonchev–Trinajstić information content (AvgIpc) is 2.60. The van der Waals surface area contributed by atoms with E-state index in [0.29, 0.717) is 11.2 Å². The van der Waals surface area contributed by atoms with Crippen LogP contribution in [0.2, 0.25) is 0 Å². The summed E-state index contributed by atoms with van der Waals surface area (Å²) in [6.07, 6.45) is 0.524. The Hall–Kier alpha value is -2.99. The maximum Gasteiger partial charge on any atom is 0.319 e. The van der Waals surface area contributed by atoms with Crippen molar-refractivity contribution in [3.8, 4) is 0 Å². The standard InChI is InChI=1S/C18H16FN3O2/c19-14-8-2-1-7-13(14)16(23)11-21-18(24)22-15-9-3-5-12-6-4-10-20-17(12)15/h1-10,16,23H,11H2,(H2,21,22,24)/t16-/m0/s1. The molecule has 3 N–H and O–H groups in total. The molecular weight excluding hydrogens is 309 g/mol. The molecular formula is C18H16FN3O2. The molecule has 1 aromatic heterocycles. The van der Waals surface area contributed by atoms with Crippen LogP contribution < -0.4 is 10.6 Å². The molecule has 0 radical (unpaired) electrons. The first kappa shape index (κ1) is 15.9. The molecule has 122 valence electrons. The number of rotatable bonds is 4. The van der Waals surface area contributed by atoms with Crippen LogP contribution >= 0.6 is 0 Å². The first-order valence-electron chi connectivity index (χ1n) is 7.46. The van der Waals surface area contributed by atoms with Gasteiger partial charge in [-0.15, -0.1) is 0 Å². The Morgan fingerprint density at radius 3 is 2.75 bits per heavy atom. The maximum atomic E-state index is 13.6. The van der Waals surface area contributed by atoms with Crippen molar-refractivity contribution in [1.29, 1.82) is 0 Å². The van der Waals surface area contributed by atoms with E-state index in [0.717, 1.165) is 5.39 Å². The third-order valence-corrected chi connectivity index (χ3v) is 3.60. The highest BCUT2D eigenvalue weighted by atomic mass is 19.1. The summed E-state index contributed by atoms with van der Waals surface area (Å²) in [7, 11) is 0. The topological polar surface area (TPSA) is 74.2 Å². The van der Waals surface area contributed by atoms with E-state index < -0.39 is 18.0 Å². The molecule has 24 heavy (non-hydrogen) atoms. The lowest BCUT2D eigenvalue weighted by atomic mass is 10.1. The fraction of sp³-hybridized carbons (Fsp3) is 0.111. The van der Waals surface area contributed by atoms with Gasteiger partial charge in [-0.05, 0) is 18.2 Å². The monoisotopic (exact) mass is 325 g/mol. The number of carbonyl (C=O) groups is 1. The molecule has 0 bridgehead atoms. The Balaban J connectivity index is 1.64. The Morgan fingerprint density at radius 2 is 1.92 bits per heavy atom. The number of aliphatic hydroxyl groups is 1. The summed E-state index contributed by atoms with van der Waals surface area (Å²) >= 11 is 0. The molecule has 0 aliphatic heterocycles. The van der Waals surface area contributed by atoms with Crippen molar-refractivity contribution in [2.45, 2.75) is 6.10 Å². The highest BCUT2D eigenvalue weighted by Crippen LogP contribution is 2.20. The van der Waals surface area contributed by atoms with E-state index in [-0.39, 0.29) is 12.1 Å². The van der Waals surface area contributed by atoms with Crippen LogP contribution in [0.15, 0.2) is 60.8 Å². The van der Waals surface area contributed by atoms with Gasteiger partial charge in [-0.3, -0.25) is 4.98 Å². The SMILES string of the molecule is O=C(NC[C@H](O)c1ccccc1F)Nc1cccc2cccnc12. The number of fused-ring (bicyclic) bond motifs is 1. The fourth-order valence-electron chi connectivity index (χ4n) is 2.42. The zero-order chi connectivity index (χ0) is 16.9. The van der Waals surface area contributed by atoms with Crippen molar-refractivity contribution in [2.75, 3.05) is 11.9 Å². The summed E-state index contributed by atoms with van der Waals surface area (Å²) in [4.78, 5) is 16.3. The number of amides is 2. The third kappa shape index (κ3) is 3.49. The maximum absolute atomic E-state index is 13.6. The number of aliphatic hydroxyl groups excluding tert-OH is 1. The van der Waals surface area contributed by atoms with Gasteiger partial charge in [0.25, 0.3) is 0 Å². The van der Waals surface area contributed by atoms with Gasteiger partial charge >= 0.3 is 6.03 Å². The fourth-order valence-corrected chi connectivity index (χ4v) is 2.42. The molecule has 0 saturated carbocycles. The number of carbonyl (C=O) groups excluding carboxylic acids is 1.